The van der Waals surface area contributed by atoms with Crippen molar-refractivity contribution in [3.05, 3.63) is 52.5 Å². The van der Waals surface area contributed by atoms with Gasteiger partial charge in [0.25, 0.3) is 11.6 Å². The van der Waals surface area contributed by atoms with E-state index in [0.717, 1.165) is 11.8 Å². The van der Waals surface area contributed by atoms with Gasteiger partial charge in [-0.1, -0.05) is 0 Å². The molecule has 0 saturated carbocycles. The quantitative estimate of drug-likeness (QED) is 0.545. The molecule has 2 heterocycles. The Labute approximate surface area is 146 Å². The van der Waals surface area contributed by atoms with Gasteiger partial charge in [-0.2, -0.15) is 5.10 Å². The van der Waals surface area contributed by atoms with Crippen molar-refractivity contribution in [1.29, 1.82) is 0 Å². The smallest absolute Gasteiger partial charge is 0.284 e. The highest BCUT2D eigenvalue weighted by Crippen LogP contribution is 2.34. The molecule has 0 aliphatic rings. The molecule has 1 N–H and O–H groups in total. The number of anilines is 1. The predicted octanol–water partition coefficient (Wildman–Crippen LogP) is 1.86. The minimum absolute atomic E-state index is 0.166. The summed E-state index contributed by atoms with van der Waals surface area (Å²) in [5, 5.41) is 26.1. The highest BCUT2D eigenvalue weighted by atomic mass is 32.2. The fraction of sp³-hybridized carbons (Fsp3) is 0.143. The average Bonchev–Trinajstić information content (AvgIpc) is 3.16. The van der Waals surface area contributed by atoms with Crippen LogP contribution in [0.2, 0.25) is 0 Å². The van der Waals surface area contributed by atoms with Crippen LogP contribution < -0.4 is 5.32 Å². The second-order valence-electron chi connectivity index (χ2n) is 5.09. The van der Waals surface area contributed by atoms with Crippen LogP contribution >= 0.6 is 11.8 Å². The maximum Gasteiger partial charge on any atom is 0.284 e. The number of hydrogen-bond acceptors (Lipinski definition) is 7. The van der Waals surface area contributed by atoms with Gasteiger partial charge in [-0.05, 0) is 23.9 Å². The van der Waals surface area contributed by atoms with Gasteiger partial charge in [-0.25, -0.2) is 0 Å². The van der Waals surface area contributed by atoms with Gasteiger partial charge in [0.1, 0.15) is 6.33 Å². The van der Waals surface area contributed by atoms with E-state index in [1.54, 1.807) is 35.6 Å². The molecule has 0 bridgehead atoms. The molecule has 10 nitrogen and oxygen atoms in total. The first-order valence-electron chi connectivity index (χ1n) is 7.05. The molecule has 25 heavy (non-hydrogen) atoms. The van der Waals surface area contributed by atoms with Crippen molar-refractivity contribution in [3.63, 3.8) is 0 Å². The number of aryl methyl sites for hydroxylation is 2. The third-order valence-electron chi connectivity index (χ3n) is 3.24. The summed E-state index contributed by atoms with van der Waals surface area (Å²) in [6, 6.07) is 5.90. The van der Waals surface area contributed by atoms with Gasteiger partial charge in [0, 0.05) is 38.0 Å². The summed E-state index contributed by atoms with van der Waals surface area (Å²) in [6.07, 6.45) is 3.18. The highest BCUT2D eigenvalue weighted by Gasteiger charge is 2.20. The molecule has 0 radical (unpaired) electrons. The van der Waals surface area contributed by atoms with E-state index in [9.17, 15) is 14.9 Å². The van der Waals surface area contributed by atoms with Gasteiger partial charge >= 0.3 is 0 Å². The Kier molecular flexibility index (Phi) is 4.48. The third kappa shape index (κ3) is 3.66. The molecule has 3 aromatic rings. The molecule has 1 amide bonds. The molecule has 0 unspecified atom stereocenters. The molecule has 0 aliphatic heterocycles. The number of nitro benzene ring substituents is 1. The van der Waals surface area contributed by atoms with Gasteiger partial charge in [0.2, 0.25) is 0 Å². The summed E-state index contributed by atoms with van der Waals surface area (Å²) in [5.41, 5.74) is -0.0126. The SMILES string of the molecule is Cn1ccc(NC(=O)c2ccc(Sc3nncn3C)c([N+](=O)[O-])c2)n1. The molecule has 0 saturated heterocycles. The number of nitrogens with zero attached hydrogens (tertiary/aromatic N) is 6. The number of aromatic nitrogens is 5. The van der Waals surface area contributed by atoms with E-state index in [0.29, 0.717) is 15.9 Å². The predicted molar refractivity (Wildman–Crippen MR) is 89.4 cm³/mol. The van der Waals surface area contributed by atoms with Crippen LogP contribution in [0.3, 0.4) is 0 Å². The lowest BCUT2D eigenvalue weighted by atomic mass is 10.2. The minimum atomic E-state index is -0.531. The second kappa shape index (κ2) is 6.73. The number of nitrogens with one attached hydrogen (secondary N) is 1. The summed E-state index contributed by atoms with van der Waals surface area (Å²) >= 11 is 1.10. The number of rotatable bonds is 5. The van der Waals surface area contributed by atoms with Crippen LogP contribution in [0.5, 0.6) is 0 Å². The Morgan fingerprint density at radius 3 is 2.72 bits per heavy atom. The number of benzene rings is 1. The van der Waals surface area contributed by atoms with E-state index in [-0.39, 0.29) is 11.3 Å². The van der Waals surface area contributed by atoms with Crippen LogP contribution in [0.25, 0.3) is 0 Å². The number of hydrogen-bond donors (Lipinski definition) is 1. The first kappa shape index (κ1) is 16.6. The first-order valence-corrected chi connectivity index (χ1v) is 7.87. The number of amides is 1. The summed E-state index contributed by atoms with van der Waals surface area (Å²) in [6.45, 7) is 0. The van der Waals surface area contributed by atoms with Crippen LogP contribution in [0, 0.1) is 10.1 Å². The zero-order chi connectivity index (χ0) is 18.0. The summed E-state index contributed by atoms with van der Waals surface area (Å²) in [4.78, 5) is 23.5. The maximum absolute atomic E-state index is 12.3. The standard InChI is InChI=1S/C14H13N7O3S/c1-19-8-15-17-14(19)25-11-4-3-9(7-10(11)21(23)24)13(22)16-12-5-6-20(2)18-12/h3-8H,1-2H3,(H,16,18,22). The van der Waals surface area contributed by atoms with Crippen LogP contribution in [0.4, 0.5) is 11.5 Å². The molecule has 3 rings (SSSR count). The molecular weight excluding hydrogens is 346 g/mol. The Morgan fingerprint density at radius 2 is 2.12 bits per heavy atom. The van der Waals surface area contributed by atoms with Gasteiger partial charge in [-0.15, -0.1) is 10.2 Å². The Morgan fingerprint density at radius 1 is 1.32 bits per heavy atom. The number of carbonyl (C=O) groups is 1. The van der Waals surface area contributed by atoms with Crippen LogP contribution in [-0.4, -0.2) is 35.4 Å². The molecule has 0 atom stereocenters. The topological polar surface area (TPSA) is 121 Å². The van der Waals surface area contributed by atoms with Crippen molar-refractivity contribution >= 4 is 29.2 Å². The lowest BCUT2D eigenvalue weighted by Gasteiger charge is -2.05. The molecule has 11 heteroatoms. The fourth-order valence-corrected chi connectivity index (χ4v) is 2.87. The van der Waals surface area contributed by atoms with Crippen LogP contribution in [0.1, 0.15) is 10.4 Å². The fourth-order valence-electron chi connectivity index (χ4n) is 2.02. The summed E-state index contributed by atoms with van der Waals surface area (Å²) in [7, 11) is 3.46. The lowest BCUT2D eigenvalue weighted by Crippen LogP contribution is -2.13. The van der Waals surface area contributed by atoms with Gasteiger partial charge in [-0.3, -0.25) is 19.6 Å². The Balaban J connectivity index is 1.87. The van der Waals surface area contributed by atoms with Crippen LogP contribution in [-0.2, 0) is 14.1 Å². The van der Waals surface area contributed by atoms with Crippen molar-refractivity contribution in [2.45, 2.75) is 10.1 Å². The van der Waals surface area contributed by atoms with E-state index < -0.39 is 10.8 Å². The summed E-state index contributed by atoms with van der Waals surface area (Å²) < 4.78 is 3.19. The average molecular weight is 359 g/mol. The maximum atomic E-state index is 12.3. The van der Waals surface area contributed by atoms with Crippen molar-refractivity contribution in [1.82, 2.24) is 24.5 Å². The van der Waals surface area contributed by atoms with E-state index >= 15 is 0 Å². The number of carbonyl (C=O) groups excluding carboxylic acids is 1. The Hall–Kier alpha value is -3.21. The van der Waals surface area contributed by atoms with Crippen molar-refractivity contribution in [3.8, 4) is 0 Å². The zero-order valence-corrected chi connectivity index (χ0v) is 14.1. The molecule has 0 aliphatic carbocycles. The normalized spacial score (nSPS) is 10.6. The minimum Gasteiger partial charge on any atom is -0.311 e. The monoisotopic (exact) mass is 359 g/mol. The third-order valence-corrected chi connectivity index (χ3v) is 4.36. The Bertz CT molecular complexity index is 950. The molecule has 1 aromatic carbocycles. The highest BCUT2D eigenvalue weighted by molar-refractivity contribution is 7.99. The first-order chi connectivity index (χ1) is 11.9. The largest absolute Gasteiger partial charge is 0.311 e. The van der Waals surface area contributed by atoms with Crippen molar-refractivity contribution in [2.24, 2.45) is 14.1 Å². The van der Waals surface area contributed by atoms with E-state index in [1.807, 2.05) is 0 Å². The van der Waals surface area contributed by atoms with E-state index in [2.05, 4.69) is 20.6 Å². The summed E-state index contributed by atoms with van der Waals surface area (Å²) in [5.74, 6) is -0.107. The van der Waals surface area contributed by atoms with Gasteiger partial charge in [0.15, 0.2) is 11.0 Å². The molecular formula is C14H13N7O3S. The van der Waals surface area contributed by atoms with Gasteiger partial charge < -0.3 is 9.88 Å². The zero-order valence-electron chi connectivity index (χ0n) is 13.3. The second-order valence-corrected chi connectivity index (χ2v) is 6.10. The molecule has 0 fully saturated rings. The van der Waals surface area contributed by atoms with Crippen molar-refractivity contribution in [2.75, 3.05) is 5.32 Å². The lowest BCUT2D eigenvalue weighted by molar-refractivity contribution is -0.387. The number of nitro groups is 1. The van der Waals surface area contributed by atoms with E-state index in [1.165, 1.54) is 24.5 Å². The molecule has 128 valence electrons. The van der Waals surface area contributed by atoms with Crippen molar-refractivity contribution < 1.29 is 9.72 Å². The van der Waals surface area contributed by atoms with E-state index in [4.69, 9.17) is 0 Å². The molecule has 0 spiro atoms. The van der Waals surface area contributed by atoms with Crippen LogP contribution in [0.15, 0.2) is 46.8 Å². The van der Waals surface area contributed by atoms with Gasteiger partial charge in [0.05, 0.1) is 9.82 Å². The molecule has 2 aromatic heterocycles.